The topological polar surface area (TPSA) is 64.0 Å². The summed E-state index contributed by atoms with van der Waals surface area (Å²) >= 11 is 1.80. The third-order valence-electron chi connectivity index (χ3n) is 6.80. The summed E-state index contributed by atoms with van der Waals surface area (Å²) in [6, 6.07) is 17.4. The highest BCUT2D eigenvalue weighted by molar-refractivity contribution is 7.17. The van der Waals surface area contributed by atoms with E-state index >= 15 is 0 Å². The first-order valence-corrected chi connectivity index (χ1v) is 13.9. The number of hydrogen-bond donors (Lipinski definition) is 0. The number of carbonyl (C=O) groups is 1. The second-order valence-electron chi connectivity index (χ2n) is 9.34. The summed E-state index contributed by atoms with van der Waals surface area (Å²) in [5, 5.41) is 4.32. The highest BCUT2D eigenvalue weighted by atomic mass is 32.1. The Balaban J connectivity index is 1.10. The number of aromatic nitrogens is 1. The molecular weight excluding hydrogens is 486 g/mol. The van der Waals surface area contributed by atoms with E-state index in [4.69, 9.17) is 9.47 Å². The first kappa shape index (κ1) is 25.3. The summed E-state index contributed by atoms with van der Waals surface area (Å²) in [6.45, 7) is 8.06. The highest BCUT2D eigenvalue weighted by Crippen LogP contribution is 2.31. The van der Waals surface area contributed by atoms with Gasteiger partial charge < -0.3 is 14.4 Å². The third kappa shape index (κ3) is 5.81. The number of thiophene rings is 1. The van der Waals surface area contributed by atoms with Gasteiger partial charge in [0.1, 0.15) is 5.75 Å². The van der Waals surface area contributed by atoms with Gasteiger partial charge >= 0.3 is 6.09 Å². The number of nitrogens with zero attached hydrogens (tertiary/aromatic N) is 3. The molecule has 1 aliphatic heterocycles. The molecule has 8 heteroatoms. The van der Waals surface area contributed by atoms with Crippen LogP contribution in [0.4, 0.5) is 10.5 Å². The number of ether oxygens (including phenoxy) is 2. The second-order valence-corrected chi connectivity index (χ2v) is 10.3. The third-order valence-corrected chi connectivity index (χ3v) is 7.69. The predicted octanol–water partition coefficient (Wildman–Crippen LogP) is 5.59. The number of carbonyl (C=O) groups excluding carboxylic acids is 1. The Morgan fingerprint density at radius 2 is 1.81 bits per heavy atom. The van der Waals surface area contributed by atoms with Gasteiger partial charge in [-0.2, -0.15) is 0 Å². The van der Waals surface area contributed by atoms with Crippen molar-refractivity contribution in [3.05, 3.63) is 70.3 Å². The number of hydrogen-bond acceptors (Lipinski definition) is 7. The first-order valence-electron chi connectivity index (χ1n) is 13.0. The van der Waals surface area contributed by atoms with Crippen LogP contribution in [-0.4, -0.2) is 61.5 Å². The van der Waals surface area contributed by atoms with Gasteiger partial charge in [0.2, 0.25) is 0 Å². The van der Waals surface area contributed by atoms with Gasteiger partial charge in [0, 0.05) is 54.1 Å². The van der Waals surface area contributed by atoms with E-state index in [2.05, 4.69) is 39.4 Å². The molecule has 0 unspecified atom stereocenters. The average molecular weight is 520 g/mol. The summed E-state index contributed by atoms with van der Waals surface area (Å²) < 4.78 is 13.6. The van der Waals surface area contributed by atoms with Crippen molar-refractivity contribution >= 4 is 44.1 Å². The molecule has 1 fully saturated rings. The number of piperazine rings is 1. The number of pyridine rings is 1. The summed E-state index contributed by atoms with van der Waals surface area (Å²) in [4.78, 5) is 29.8. The molecule has 0 bridgehead atoms. The van der Waals surface area contributed by atoms with Crippen molar-refractivity contribution in [2.24, 2.45) is 0 Å². The molecule has 4 aromatic rings. The van der Waals surface area contributed by atoms with Crippen LogP contribution in [0.3, 0.4) is 0 Å². The van der Waals surface area contributed by atoms with Crippen molar-refractivity contribution in [2.45, 2.75) is 26.2 Å². The minimum Gasteiger partial charge on any atom is -0.494 e. The summed E-state index contributed by atoms with van der Waals surface area (Å²) in [6.07, 6.45) is 2.04. The smallest absolute Gasteiger partial charge is 0.421 e. The maximum absolute atomic E-state index is 12.4. The van der Waals surface area contributed by atoms with E-state index in [1.807, 2.05) is 19.1 Å². The van der Waals surface area contributed by atoms with E-state index in [1.165, 1.54) is 21.8 Å². The van der Waals surface area contributed by atoms with Crippen LogP contribution in [0.5, 0.6) is 5.75 Å². The lowest BCUT2D eigenvalue weighted by atomic mass is 10.2. The van der Waals surface area contributed by atoms with Crippen molar-refractivity contribution in [1.29, 1.82) is 0 Å². The molecule has 0 amide bonds. The Morgan fingerprint density at radius 1 is 0.973 bits per heavy atom. The molecule has 7 nitrogen and oxygen atoms in total. The number of fused-ring (bicyclic) bond motifs is 2. The summed E-state index contributed by atoms with van der Waals surface area (Å²) in [7, 11) is 0. The van der Waals surface area contributed by atoms with Gasteiger partial charge in [-0.25, -0.2) is 9.36 Å². The normalized spacial score (nSPS) is 14.4. The molecule has 0 saturated carbocycles. The zero-order valence-corrected chi connectivity index (χ0v) is 22.0. The van der Waals surface area contributed by atoms with Crippen molar-refractivity contribution in [3.63, 3.8) is 0 Å². The summed E-state index contributed by atoms with van der Waals surface area (Å²) in [5.74, 6) is 0.645. The lowest BCUT2D eigenvalue weighted by Gasteiger charge is -2.36. The van der Waals surface area contributed by atoms with E-state index in [0.717, 1.165) is 55.5 Å². The van der Waals surface area contributed by atoms with Gasteiger partial charge in [-0.3, -0.25) is 9.69 Å². The molecule has 0 atom stereocenters. The van der Waals surface area contributed by atoms with Crippen molar-refractivity contribution in [1.82, 2.24) is 9.47 Å². The maximum Gasteiger partial charge on any atom is 0.421 e. The largest absolute Gasteiger partial charge is 0.494 e. The van der Waals surface area contributed by atoms with E-state index in [0.29, 0.717) is 24.3 Å². The zero-order valence-electron chi connectivity index (χ0n) is 21.2. The molecule has 0 radical (unpaired) electrons. The van der Waals surface area contributed by atoms with Crippen LogP contribution in [-0.2, 0) is 4.74 Å². The molecule has 0 spiro atoms. The molecule has 3 heterocycles. The number of rotatable bonds is 9. The number of unbranched alkanes of at least 4 members (excludes halogenated alkanes) is 1. The van der Waals surface area contributed by atoms with Crippen molar-refractivity contribution < 1.29 is 14.3 Å². The second kappa shape index (κ2) is 11.8. The molecule has 2 aromatic carbocycles. The van der Waals surface area contributed by atoms with Crippen LogP contribution in [0, 0.1) is 0 Å². The number of benzene rings is 2. The van der Waals surface area contributed by atoms with Gasteiger partial charge in [-0.1, -0.05) is 13.0 Å². The van der Waals surface area contributed by atoms with Crippen LogP contribution in [0.1, 0.15) is 26.2 Å². The molecule has 37 heavy (non-hydrogen) atoms. The Bertz CT molecular complexity index is 1420. The molecule has 5 rings (SSSR count). The SMILES string of the molecule is CCCOC(=O)n1c(=O)ccc2ccc(OCCCCN3CCN(c4cccc5sccc45)CC3)cc21. The lowest BCUT2D eigenvalue weighted by Crippen LogP contribution is -2.46. The van der Waals surface area contributed by atoms with Crippen LogP contribution >= 0.6 is 11.3 Å². The predicted molar refractivity (Wildman–Crippen MR) is 150 cm³/mol. The fourth-order valence-corrected chi connectivity index (χ4v) is 5.65. The molecule has 194 valence electrons. The van der Waals surface area contributed by atoms with Crippen LogP contribution in [0.25, 0.3) is 21.0 Å². The quantitative estimate of drug-likeness (QED) is 0.269. The van der Waals surface area contributed by atoms with Crippen LogP contribution < -0.4 is 15.2 Å². The molecule has 0 N–H and O–H groups in total. The van der Waals surface area contributed by atoms with Gasteiger partial charge in [0.05, 0.1) is 18.7 Å². The standard InChI is InChI=1S/C29H33N3O4S/c1-2-18-36-29(34)32-26-21-23(10-8-22(26)9-11-28(32)33)35-19-4-3-13-30-14-16-31(17-15-30)25-6-5-7-27-24(25)12-20-37-27/h5-12,20-21H,2-4,13-19H2,1H3. The first-order chi connectivity index (χ1) is 18.1. The van der Waals surface area contributed by atoms with Crippen LogP contribution in [0.15, 0.2) is 64.8 Å². The minimum atomic E-state index is -0.651. The van der Waals surface area contributed by atoms with Crippen molar-refractivity contribution in [2.75, 3.05) is 50.8 Å². The Labute approximate surface area is 220 Å². The maximum atomic E-state index is 12.4. The fourth-order valence-electron chi connectivity index (χ4n) is 4.84. The summed E-state index contributed by atoms with van der Waals surface area (Å²) in [5.41, 5.74) is 1.45. The number of anilines is 1. The minimum absolute atomic E-state index is 0.275. The monoisotopic (exact) mass is 519 g/mol. The van der Waals surface area contributed by atoms with Crippen LogP contribution in [0.2, 0.25) is 0 Å². The van der Waals surface area contributed by atoms with E-state index in [-0.39, 0.29) is 6.61 Å². The van der Waals surface area contributed by atoms with E-state index < -0.39 is 11.7 Å². The Hall–Kier alpha value is -3.36. The molecule has 1 saturated heterocycles. The lowest BCUT2D eigenvalue weighted by molar-refractivity contribution is 0.148. The molecule has 1 aliphatic rings. The molecule has 0 aliphatic carbocycles. The fraction of sp³-hybridized carbons (Fsp3) is 0.379. The molecular formula is C29H33N3O4S. The van der Waals surface area contributed by atoms with Crippen molar-refractivity contribution in [3.8, 4) is 5.75 Å². The Kier molecular flexibility index (Phi) is 8.06. The molecule has 2 aromatic heterocycles. The average Bonchev–Trinajstić information content (AvgIpc) is 3.41. The van der Waals surface area contributed by atoms with Gasteiger partial charge in [-0.05, 0) is 73.0 Å². The van der Waals surface area contributed by atoms with E-state index in [1.54, 1.807) is 23.5 Å². The van der Waals surface area contributed by atoms with Gasteiger partial charge in [0.25, 0.3) is 5.56 Å². The van der Waals surface area contributed by atoms with E-state index in [9.17, 15) is 9.59 Å². The van der Waals surface area contributed by atoms with Gasteiger partial charge in [0.15, 0.2) is 0 Å². The highest BCUT2D eigenvalue weighted by Gasteiger charge is 2.18. The zero-order chi connectivity index (χ0) is 25.6. The Morgan fingerprint density at radius 3 is 2.65 bits per heavy atom. The van der Waals surface area contributed by atoms with Gasteiger partial charge in [-0.15, -0.1) is 11.3 Å².